The maximum Gasteiger partial charge on any atom is 0.313 e. The first-order valence-electron chi connectivity index (χ1n) is 9.77. The van der Waals surface area contributed by atoms with Crippen LogP contribution in [0.3, 0.4) is 0 Å². The molecule has 0 bridgehead atoms. The molecule has 1 aromatic carbocycles. The smallest absolute Gasteiger partial charge is 0.313 e. The molecule has 1 aliphatic heterocycles. The molecule has 3 rings (SSSR count). The number of anilines is 1. The van der Waals surface area contributed by atoms with Crippen LogP contribution < -0.4 is 20.1 Å². The molecule has 0 radical (unpaired) electrons. The number of amides is 2. The number of piperazine rings is 1. The molecule has 1 fully saturated rings. The predicted molar refractivity (Wildman–Crippen MR) is 117 cm³/mol. The average Bonchev–Trinajstić information content (AvgIpc) is 3.29. The van der Waals surface area contributed by atoms with Gasteiger partial charge in [0.2, 0.25) is 0 Å². The first-order chi connectivity index (χ1) is 14.5. The van der Waals surface area contributed by atoms with Gasteiger partial charge in [-0.3, -0.25) is 14.5 Å². The van der Waals surface area contributed by atoms with Gasteiger partial charge in [0.15, 0.2) is 0 Å². The fourth-order valence-electron chi connectivity index (χ4n) is 3.42. The molecule has 0 unspecified atom stereocenters. The average molecular weight is 433 g/mol. The zero-order chi connectivity index (χ0) is 21.5. The number of methoxy groups -OCH3 is 2. The van der Waals surface area contributed by atoms with Gasteiger partial charge < -0.3 is 25.0 Å². The van der Waals surface area contributed by atoms with Gasteiger partial charge in [-0.1, -0.05) is 0 Å². The van der Waals surface area contributed by atoms with E-state index in [2.05, 4.69) is 38.9 Å². The van der Waals surface area contributed by atoms with E-state index in [1.807, 2.05) is 5.38 Å². The Hall–Kier alpha value is -2.62. The van der Waals surface area contributed by atoms with Gasteiger partial charge in [0.1, 0.15) is 11.5 Å². The number of benzene rings is 1. The Morgan fingerprint density at radius 2 is 1.87 bits per heavy atom. The lowest BCUT2D eigenvalue weighted by atomic mass is 10.1. The molecule has 0 aliphatic carbocycles. The van der Waals surface area contributed by atoms with Crippen LogP contribution in [0.1, 0.15) is 11.6 Å². The lowest BCUT2D eigenvalue weighted by Gasteiger charge is -2.37. The Morgan fingerprint density at radius 3 is 2.50 bits per heavy atom. The normalized spacial score (nSPS) is 16.0. The van der Waals surface area contributed by atoms with Gasteiger partial charge in [-0.05, 0) is 41.6 Å². The van der Waals surface area contributed by atoms with Crippen LogP contribution in [-0.4, -0.2) is 75.6 Å². The van der Waals surface area contributed by atoms with Crippen molar-refractivity contribution in [3.8, 4) is 11.5 Å². The van der Waals surface area contributed by atoms with Crippen molar-refractivity contribution in [2.75, 3.05) is 59.3 Å². The fourth-order valence-corrected chi connectivity index (χ4v) is 4.12. The molecule has 162 valence electrons. The number of carbonyl (C=O) groups excluding carboxylic acids is 2. The number of rotatable bonds is 7. The molecular formula is C21H28N4O4S. The summed E-state index contributed by atoms with van der Waals surface area (Å²) in [5, 5.41) is 9.52. The standard InChI is InChI=1S/C21H28N4O4S/c1-24-7-9-25(10-8-24)18(15-6-11-30-14-15)13-22-20(26)21(27)23-17-12-16(28-2)4-5-19(17)29-3/h4-6,11-12,14,18H,7-10,13H2,1-3H3,(H,22,26)(H,23,27)/t18-/m1/s1. The minimum Gasteiger partial charge on any atom is -0.497 e. The molecule has 2 N–H and O–H groups in total. The first kappa shape index (κ1) is 22.1. The zero-order valence-electron chi connectivity index (χ0n) is 17.5. The maximum absolute atomic E-state index is 12.5. The Kier molecular flexibility index (Phi) is 7.67. The highest BCUT2D eigenvalue weighted by molar-refractivity contribution is 7.08. The molecule has 1 aromatic heterocycles. The Labute approximate surface area is 180 Å². The van der Waals surface area contributed by atoms with Crippen molar-refractivity contribution in [3.63, 3.8) is 0 Å². The molecule has 9 heteroatoms. The van der Waals surface area contributed by atoms with E-state index in [9.17, 15) is 9.59 Å². The summed E-state index contributed by atoms with van der Waals surface area (Å²) >= 11 is 1.63. The van der Waals surface area contributed by atoms with Crippen LogP contribution in [-0.2, 0) is 9.59 Å². The van der Waals surface area contributed by atoms with Crippen LogP contribution in [0.15, 0.2) is 35.0 Å². The van der Waals surface area contributed by atoms with Gasteiger partial charge in [0.25, 0.3) is 0 Å². The maximum atomic E-state index is 12.5. The SMILES string of the molecule is COc1ccc(OC)c(NC(=O)C(=O)NC[C@H](c2ccsc2)N2CCN(C)CC2)c1. The number of hydrogen-bond acceptors (Lipinski definition) is 7. The molecule has 30 heavy (non-hydrogen) atoms. The Bertz CT molecular complexity index is 851. The second kappa shape index (κ2) is 10.4. The Balaban J connectivity index is 1.63. The van der Waals surface area contributed by atoms with Gasteiger partial charge in [0.05, 0.1) is 25.9 Å². The van der Waals surface area contributed by atoms with E-state index in [4.69, 9.17) is 9.47 Å². The fraction of sp³-hybridized carbons (Fsp3) is 0.429. The van der Waals surface area contributed by atoms with Crippen LogP contribution in [0.4, 0.5) is 5.69 Å². The molecular weight excluding hydrogens is 404 g/mol. The molecule has 0 saturated carbocycles. The van der Waals surface area contributed by atoms with E-state index >= 15 is 0 Å². The number of hydrogen-bond donors (Lipinski definition) is 2. The van der Waals surface area contributed by atoms with Gasteiger partial charge >= 0.3 is 11.8 Å². The third-order valence-electron chi connectivity index (χ3n) is 5.22. The summed E-state index contributed by atoms with van der Waals surface area (Å²) in [4.78, 5) is 29.6. The molecule has 2 amide bonds. The highest BCUT2D eigenvalue weighted by Gasteiger charge is 2.26. The quantitative estimate of drug-likeness (QED) is 0.650. The van der Waals surface area contributed by atoms with Crippen molar-refractivity contribution in [1.82, 2.24) is 15.1 Å². The summed E-state index contributed by atoms with van der Waals surface area (Å²) in [7, 11) is 5.14. The number of thiophene rings is 1. The largest absolute Gasteiger partial charge is 0.497 e. The highest BCUT2D eigenvalue weighted by atomic mass is 32.1. The minimum absolute atomic E-state index is 0.0352. The second-order valence-electron chi connectivity index (χ2n) is 7.14. The molecule has 8 nitrogen and oxygen atoms in total. The summed E-state index contributed by atoms with van der Waals surface area (Å²) in [6.45, 7) is 4.15. The van der Waals surface area contributed by atoms with Gasteiger partial charge in [-0.25, -0.2) is 0 Å². The summed E-state index contributed by atoms with van der Waals surface area (Å²) in [6, 6.07) is 7.11. The third kappa shape index (κ3) is 5.50. The van der Waals surface area contributed by atoms with E-state index in [1.165, 1.54) is 14.2 Å². The lowest BCUT2D eigenvalue weighted by Crippen LogP contribution is -2.49. The Morgan fingerprint density at radius 1 is 1.10 bits per heavy atom. The molecule has 1 atom stereocenters. The number of nitrogens with one attached hydrogen (secondary N) is 2. The molecule has 2 aromatic rings. The van der Waals surface area contributed by atoms with Crippen molar-refractivity contribution in [2.24, 2.45) is 0 Å². The topological polar surface area (TPSA) is 83.1 Å². The van der Waals surface area contributed by atoms with E-state index in [0.29, 0.717) is 23.7 Å². The van der Waals surface area contributed by atoms with E-state index in [-0.39, 0.29) is 6.04 Å². The number of nitrogens with zero attached hydrogens (tertiary/aromatic N) is 2. The van der Waals surface area contributed by atoms with Crippen molar-refractivity contribution in [2.45, 2.75) is 6.04 Å². The van der Waals surface area contributed by atoms with E-state index in [0.717, 1.165) is 31.7 Å². The van der Waals surface area contributed by atoms with E-state index in [1.54, 1.807) is 29.5 Å². The number of carbonyl (C=O) groups is 2. The monoisotopic (exact) mass is 432 g/mol. The summed E-state index contributed by atoms with van der Waals surface area (Å²) < 4.78 is 10.4. The lowest BCUT2D eigenvalue weighted by molar-refractivity contribution is -0.136. The van der Waals surface area contributed by atoms with Crippen molar-refractivity contribution >= 4 is 28.8 Å². The van der Waals surface area contributed by atoms with Crippen LogP contribution in [0.25, 0.3) is 0 Å². The van der Waals surface area contributed by atoms with E-state index < -0.39 is 11.8 Å². The first-order valence-corrected chi connectivity index (χ1v) is 10.7. The summed E-state index contributed by atoms with van der Waals surface area (Å²) in [6.07, 6.45) is 0. The van der Waals surface area contributed by atoms with Crippen molar-refractivity contribution < 1.29 is 19.1 Å². The third-order valence-corrected chi connectivity index (χ3v) is 5.93. The highest BCUT2D eigenvalue weighted by Crippen LogP contribution is 2.29. The van der Waals surface area contributed by atoms with Gasteiger partial charge in [-0.2, -0.15) is 11.3 Å². The van der Waals surface area contributed by atoms with Gasteiger partial charge in [-0.15, -0.1) is 0 Å². The zero-order valence-corrected chi connectivity index (χ0v) is 18.3. The summed E-state index contributed by atoms with van der Waals surface area (Å²) in [5.74, 6) is -0.428. The molecule has 1 saturated heterocycles. The summed E-state index contributed by atoms with van der Waals surface area (Å²) in [5.41, 5.74) is 1.53. The van der Waals surface area contributed by atoms with Crippen molar-refractivity contribution in [3.05, 3.63) is 40.6 Å². The van der Waals surface area contributed by atoms with Crippen LogP contribution in [0, 0.1) is 0 Å². The van der Waals surface area contributed by atoms with Crippen molar-refractivity contribution in [1.29, 1.82) is 0 Å². The molecule has 2 heterocycles. The minimum atomic E-state index is -0.746. The number of ether oxygens (including phenoxy) is 2. The van der Waals surface area contributed by atoms with Crippen LogP contribution in [0.5, 0.6) is 11.5 Å². The number of likely N-dealkylation sites (N-methyl/N-ethyl adjacent to an activating group) is 1. The molecule has 0 spiro atoms. The van der Waals surface area contributed by atoms with Crippen LogP contribution in [0.2, 0.25) is 0 Å². The van der Waals surface area contributed by atoms with Gasteiger partial charge in [0, 0.05) is 38.8 Å². The predicted octanol–water partition coefficient (Wildman–Crippen LogP) is 1.81. The van der Waals surface area contributed by atoms with Crippen LogP contribution >= 0.6 is 11.3 Å². The second-order valence-corrected chi connectivity index (χ2v) is 7.92. The molecule has 1 aliphatic rings.